The molecule has 4 atom stereocenters. The van der Waals surface area contributed by atoms with Crippen LogP contribution in [-0.4, -0.2) is 59.2 Å². The summed E-state index contributed by atoms with van der Waals surface area (Å²) in [5.74, 6) is 0. The summed E-state index contributed by atoms with van der Waals surface area (Å²) in [6, 6.07) is 1.22. The van der Waals surface area contributed by atoms with Crippen molar-refractivity contribution in [3.8, 4) is 0 Å². The maximum Gasteiger partial charge on any atom is 0.300 e. The van der Waals surface area contributed by atoms with Gasteiger partial charge in [0.25, 0.3) is 5.69 Å². The Balaban J connectivity index is 2.12. The van der Waals surface area contributed by atoms with Gasteiger partial charge in [0.2, 0.25) is 0 Å². The van der Waals surface area contributed by atoms with E-state index in [9.17, 15) is 25.4 Å². The van der Waals surface area contributed by atoms with E-state index in [2.05, 4.69) is 9.97 Å². The number of hydrogen-bond donors (Lipinski definition) is 3. The van der Waals surface area contributed by atoms with Crippen molar-refractivity contribution in [2.24, 2.45) is 0 Å². The summed E-state index contributed by atoms with van der Waals surface area (Å²) in [5, 5.41) is 40.6. The third kappa shape index (κ3) is 1.96. The molecule has 10 nitrogen and oxygen atoms in total. The van der Waals surface area contributed by atoms with Crippen molar-refractivity contribution in [1.82, 2.24) is 14.5 Å². The molecule has 0 bridgehead atoms. The molecule has 0 radical (unpaired) electrons. The van der Waals surface area contributed by atoms with E-state index < -0.39 is 35.6 Å². The molecule has 3 N–H and O–H groups in total. The second-order valence-corrected chi connectivity index (χ2v) is 5.29. The lowest BCUT2D eigenvalue weighted by Gasteiger charge is -2.27. The number of aromatic nitrogens is 3. The van der Waals surface area contributed by atoms with Gasteiger partial charge in [0.05, 0.1) is 17.9 Å². The number of fused-ring (bicyclic) bond motifs is 1. The SMILES string of the molecule is C[C@@]1(O)C(O)[C@@H](CO)O[C@H]1n1cnc2c([N+](=O)[O-])ccnc21. The van der Waals surface area contributed by atoms with E-state index in [1.54, 1.807) is 0 Å². The molecule has 118 valence electrons. The molecule has 22 heavy (non-hydrogen) atoms. The second-order valence-electron chi connectivity index (χ2n) is 5.29. The lowest BCUT2D eigenvalue weighted by molar-refractivity contribution is -0.383. The monoisotopic (exact) mass is 310 g/mol. The van der Waals surface area contributed by atoms with Gasteiger partial charge in [-0.25, -0.2) is 9.97 Å². The number of hydrogen-bond acceptors (Lipinski definition) is 8. The van der Waals surface area contributed by atoms with Crippen molar-refractivity contribution in [3.05, 3.63) is 28.7 Å². The van der Waals surface area contributed by atoms with E-state index >= 15 is 0 Å². The third-order valence-corrected chi connectivity index (χ3v) is 3.82. The minimum absolute atomic E-state index is 0.0499. The average molecular weight is 310 g/mol. The first-order valence-corrected chi connectivity index (χ1v) is 6.50. The number of aliphatic hydroxyl groups excluding tert-OH is 2. The van der Waals surface area contributed by atoms with Crippen LogP contribution in [0.1, 0.15) is 13.2 Å². The molecule has 1 saturated heterocycles. The largest absolute Gasteiger partial charge is 0.394 e. The highest BCUT2D eigenvalue weighted by Gasteiger charge is 2.53. The van der Waals surface area contributed by atoms with E-state index in [-0.39, 0.29) is 16.9 Å². The second kappa shape index (κ2) is 4.95. The van der Waals surface area contributed by atoms with Crippen LogP contribution in [0, 0.1) is 10.1 Å². The number of aliphatic hydroxyl groups is 3. The zero-order chi connectivity index (χ0) is 16.1. The molecule has 3 rings (SSSR count). The van der Waals surface area contributed by atoms with Crippen LogP contribution in [0.15, 0.2) is 18.6 Å². The summed E-state index contributed by atoms with van der Waals surface area (Å²) in [5.41, 5.74) is -1.74. The number of nitro groups is 1. The highest BCUT2D eigenvalue weighted by molar-refractivity contribution is 5.81. The molecular weight excluding hydrogens is 296 g/mol. The highest BCUT2D eigenvalue weighted by atomic mass is 16.6. The van der Waals surface area contributed by atoms with Gasteiger partial charge in [-0.2, -0.15) is 0 Å². The van der Waals surface area contributed by atoms with Crippen LogP contribution in [0.2, 0.25) is 0 Å². The predicted molar refractivity (Wildman–Crippen MR) is 71.8 cm³/mol. The molecule has 0 aromatic carbocycles. The molecule has 1 unspecified atom stereocenters. The number of pyridine rings is 1. The Hall–Kier alpha value is -2.14. The molecule has 1 fully saturated rings. The Morgan fingerprint density at radius 2 is 2.27 bits per heavy atom. The van der Waals surface area contributed by atoms with E-state index in [1.165, 1.54) is 30.1 Å². The van der Waals surface area contributed by atoms with Crippen LogP contribution in [-0.2, 0) is 4.74 Å². The first kappa shape index (κ1) is 14.8. The van der Waals surface area contributed by atoms with Gasteiger partial charge in [-0.15, -0.1) is 0 Å². The van der Waals surface area contributed by atoms with Crippen molar-refractivity contribution < 1.29 is 25.0 Å². The zero-order valence-electron chi connectivity index (χ0n) is 11.5. The summed E-state index contributed by atoms with van der Waals surface area (Å²) < 4.78 is 6.76. The molecule has 1 aliphatic heterocycles. The molecule has 1 aliphatic rings. The molecule has 2 aromatic heterocycles. The quantitative estimate of drug-likeness (QED) is 0.500. The molecule has 0 amide bonds. The Kier molecular flexibility index (Phi) is 3.33. The van der Waals surface area contributed by atoms with Crippen molar-refractivity contribution in [1.29, 1.82) is 0 Å². The van der Waals surface area contributed by atoms with Crippen LogP contribution in [0.3, 0.4) is 0 Å². The first-order valence-electron chi connectivity index (χ1n) is 6.50. The normalized spacial score (nSPS) is 31.7. The van der Waals surface area contributed by atoms with E-state index in [0.29, 0.717) is 0 Å². The summed E-state index contributed by atoms with van der Waals surface area (Å²) >= 11 is 0. The highest BCUT2D eigenvalue weighted by Crippen LogP contribution is 2.39. The Labute approximate surface area is 123 Å². The Bertz CT molecular complexity index is 729. The Morgan fingerprint density at radius 1 is 1.55 bits per heavy atom. The fourth-order valence-corrected chi connectivity index (χ4v) is 2.63. The molecule has 10 heteroatoms. The average Bonchev–Trinajstić information content (AvgIpc) is 2.99. The van der Waals surface area contributed by atoms with Crippen molar-refractivity contribution in [2.75, 3.05) is 6.61 Å². The smallest absolute Gasteiger partial charge is 0.300 e. The lowest BCUT2D eigenvalue weighted by atomic mass is 9.96. The van der Waals surface area contributed by atoms with Gasteiger partial charge in [-0.1, -0.05) is 0 Å². The van der Waals surface area contributed by atoms with Crippen LogP contribution < -0.4 is 0 Å². The van der Waals surface area contributed by atoms with E-state index in [0.717, 1.165) is 0 Å². The summed E-state index contributed by atoms with van der Waals surface area (Å²) in [6.07, 6.45) is -0.882. The summed E-state index contributed by atoms with van der Waals surface area (Å²) in [6.45, 7) is 0.870. The number of imidazole rings is 1. The number of rotatable bonds is 3. The van der Waals surface area contributed by atoms with Crippen LogP contribution in [0.5, 0.6) is 0 Å². The molecule has 0 spiro atoms. The summed E-state index contributed by atoms with van der Waals surface area (Å²) in [4.78, 5) is 18.4. The minimum atomic E-state index is -1.71. The molecule has 2 aromatic rings. The van der Waals surface area contributed by atoms with Gasteiger partial charge in [0, 0.05) is 12.3 Å². The first-order chi connectivity index (χ1) is 10.4. The zero-order valence-corrected chi connectivity index (χ0v) is 11.5. The Morgan fingerprint density at radius 3 is 2.86 bits per heavy atom. The summed E-state index contributed by atoms with van der Waals surface area (Å²) in [7, 11) is 0. The van der Waals surface area contributed by atoms with Gasteiger partial charge < -0.3 is 20.1 Å². The number of ether oxygens (including phenoxy) is 1. The van der Waals surface area contributed by atoms with Gasteiger partial charge in [0.1, 0.15) is 17.8 Å². The molecule has 0 aliphatic carbocycles. The van der Waals surface area contributed by atoms with Crippen LogP contribution in [0.4, 0.5) is 5.69 Å². The van der Waals surface area contributed by atoms with E-state index in [1.807, 2.05) is 0 Å². The van der Waals surface area contributed by atoms with Gasteiger partial charge >= 0.3 is 0 Å². The minimum Gasteiger partial charge on any atom is -0.394 e. The maximum absolute atomic E-state index is 11.0. The van der Waals surface area contributed by atoms with Crippen molar-refractivity contribution in [3.63, 3.8) is 0 Å². The molecular formula is C12H14N4O6. The van der Waals surface area contributed by atoms with Gasteiger partial charge in [-0.05, 0) is 6.92 Å². The van der Waals surface area contributed by atoms with Crippen LogP contribution >= 0.6 is 0 Å². The standard InChI is InChI=1S/C12H14N4O6/c1-12(19)9(18)7(4-17)22-11(12)15-5-14-8-6(16(20)21)2-3-13-10(8)15/h2-3,5,7,9,11,17-19H,4H2,1H3/t7-,9?,11-,12-/m1/s1. The van der Waals surface area contributed by atoms with Gasteiger partial charge in [0.15, 0.2) is 17.4 Å². The van der Waals surface area contributed by atoms with Crippen molar-refractivity contribution >= 4 is 16.9 Å². The molecule has 0 saturated carbocycles. The maximum atomic E-state index is 11.0. The van der Waals surface area contributed by atoms with Crippen LogP contribution in [0.25, 0.3) is 11.2 Å². The number of nitrogens with zero attached hydrogens (tertiary/aromatic N) is 4. The predicted octanol–water partition coefficient (Wildman–Crippen LogP) is -0.659. The molecule has 3 heterocycles. The fourth-order valence-electron chi connectivity index (χ4n) is 2.63. The van der Waals surface area contributed by atoms with Gasteiger partial charge in [-0.3, -0.25) is 14.7 Å². The topological polar surface area (TPSA) is 144 Å². The van der Waals surface area contributed by atoms with E-state index in [4.69, 9.17) is 4.74 Å². The lowest BCUT2D eigenvalue weighted by Crippen LogP contribution is -2.44. The fraction of sp³-hybridized carbons (Fsp3) is 0.500. The third-order valence-electron chi connectivity index (χ3n) is 3.82. The van der Waals surface area contributed by atoms with Crippen molar-refractivity contribution in [2.45, 2.75) is 31.0 Å².